The van der Waals surface area contributed by atoms with Crippen molar-refractivity contribution < 1.29 is 4.79 Å². The van der Waals surface area contributed by atoms with Gasteiger partial charge in [0.15, 0.2) is 0 Å². The van der Waals surface area contributed by atoms with Crippen molar-refractivity contribution in [2.45, 2.75) is 33.2 Å². The maximum atomic E-state index is 12.2. The molecule has 6 heteroatoms. The average molecular weight is 293 g/mol. The highest BCUT2D eigenvalue weighted by atomic mass is 35.5. The average Bonchev–Trinajstić information content (AvgIpc) is 2.86. The van der Waals surface area contributed by atoms with Crippen LogP contribution in [0.3, 0.4) is 0 Å². The van der Waals surface area contributed by atoms with Gasteiger partial charge >= 0.3 is 0 Å². The Balaban J connectivity index is 2.15. The topological polar surface area (TPSA) is 59.8 Å². The van der Waals surface area contributed by atoms with Gasteiger partial charge in [-0.2, -0.15) is 5.10 Å². The first kappa shape index (κ1) is 14.5. The van der Waals surface area contributed by atoms with Gasteiger partial charge < -0.3 is 5.32 Å². The Morgan fingerprint density at radius 2 is 2.20 bits per heavy atom. The number of aromatic nitrogens is 3. The molecule has 2 aromatic heterocycles. The van der Waals surface area contributed by atoms with Crippen molar-refractivity contribution in [3.05, 3.63) is 40.9 Å². The van der Waals surface area contributed by atoms with Crippen LogP contribution < -0.4 is 5.32 Å². The van der Waals surface area contributed by atoms with E-state index in [2.05, 4.69) is 22.3 Å². The SMILES string of the molecule is CCCc1cc(C(=O)Nc2cnn(CC)c2)cc(Cl)n1. The number of rotatable bonds is 5. The number of anilines is 1. The zero-order chi connectivity index (χ0) is 14.5. The van der Waals surface area contributed by atoms with Crippen LogP contribution in [0.15, 0.2) is 24.5 Å². The second-order valence-corrected chi connectivity index (χ2v) is 4.85. The van der Waals surface area contributed by atoms with E-state index in [0.29, 0.717) is 16.4 Å². The molecule has 0 fully saturated rings. The predicted molar refractivity (Wildman–Crippen MR) is 79.1 cm³/mol. The predicted octanol–water partition coefficient (Wildman–Crippen LogP) is 3.16. The quantitative estimate of drug-likeness (QED) is 0.861. The number of amides is 1. The van der Waals surface area contributed by atoms with Crippen molar-refractivity contribution in [2.24, 2.45) is 0 Å². The van der Waals surface area contributed by atoms with Gasteiger partial charge in [-0.05, 0) is 25.5 Å². The third-order valence-electron chi connectivity index (χ3n) is 2.83. The molecule has 0 bridgehead atoms. The van der Waals surface area contributed by atoms with Crippen molar-refractivity contribution in [1.29, 1.82) is 0 Å². The molecule has 5 nitrogen and oxygen atoms in total. The van der Waals surface area contributed by atoms with E-state index >= 15 is 0 Å². The molecule has 0 spiro atoms. The first-order valence-corrected chi connectivity index (χ1v) is 7.00. The third-order valence-corrected chi connectivity index (χ3v) is 3.02. The van der Waals surface area contributed by atoms with Crippen molar-refractivity contribution in [3.8, 4) is 0 Å². The van der Waals surface area contributed by atoms with Crippen molar-refractivity contribution >= 4 is 23.2 Å². The Kier molecular flexibility index (Phi) is 4.74. The highest BCUT2D eigenvalue weighted by molar-refractivity contribution is 6.29. The molecule has 0 unspecified atom stereocenters. The molecule has 0 aromatic carbocycles. The van der Waals surface area contributed by atoms with E-state index in [1.54, 1.807) is 29.2 Å². The number of aryl methyl sites for hydroxylation is 2. The highest BCUT2D eigenvalue weighted by Crippen LogP contribution is 2.14. The standard InChI is InChI=1S/C14H17ClN4O/c1-3-5-11-6-10(7-13(15)17-11)14(20)18-12-8-16-19(4-2)9-12/h6-9H,3-5H2,1-2H3,(H,18,20). The molecule has 0 radical (unpaired) electrons. The maximum Gasteiger partial charge on any atom is 0.255 e. The van der Waals surface area contributed by atoms with Gasteiger partial charge in [0.2, 0.25) is 0 Å². The van der Waals surface area contributed by atoms with Gasteiger partial charge in [0.1, 0.15) is 5.15 Å². The molecule has 2 aromatic rings. The summed E-state index contributed by atoms with van der Waals surface area (Å²) in [4.78, 5) is 16.4. The van der Waals surface area contributed by atoms with Crippen LogP contribution in [-0.4, -0.2) is 20.7 Å². The summed E-state index contributed by atoms with van der Waals surface area (Å²) in [5, 5.41) is 7.25. The van der Waals surface area contributed by atoms with E-state index in [4.69, 9.17) is 11.6 Å². The summed E-state index contributed by atoms with van der Waals surface area (Å²) < 4.78 is 1.75. The normalized spacial score (nSPS) is 10.6. The summed E-state index contributed by atoms with van der Waals surface area (Å²) in [5.74, 6) is -0.206. The van der Waals surface area contributed by atoms with E-state index < -0.39 is 0 Å². The van der Waals surface area contributed by atoms with E-state index in [1.807, 2.05) is 6.92 Å². The molecule has 1 N–H and O–H groups in total. The minimum absolute atomic E-state index is 0.206. The monoisotopic (exact) mass is 292 g/mol. The molecule has 0 aliphatic rings. The molecule has 20 heavy (non-hydrogen) atoms. The Bertz CT molecular complexity index is 609. The molecular weight excluding hydrogens is 276 g/mol. The zero-order valence-electron chi connectivity index (χ0n) is 11.6. The fraction of sp³-hybridized carbons (Fsp3) is 0.357. The number of hydrogen-bond acceptors (Lipinski definition) is 3. The number of carbonyl (C=O) groups is 1. The highest BCUT2D eigenvalue weighted by Gasteiger charge is 2.10. The summed E-state index contributed by atoms with van der Waals surface area (Å²) >= 11 is 5.95. The van der Waals surface area contributed by atoms with Gasteiger partial charge in [-0.25, -0.2) is 4.98 Å². The number of nitrogens with one attached hydrogen (secondary N) is 1. The molecule has 0 aliphatic heterocycles. The van der Waals surface area contributed by atoms with Gasteiger partial charge in [-0.3, -0.25) is 9.48 Å². The molecular formula is C14H17ClN4O. The van der Waals surface area contributed by atoms with Gasteiger partial charge in [-0.1, -0.05) is 24.9 Å². The molecule has 1 amide bonds. The lowest BCUT2D eigenvalue weighted by Gasteiger charge is -2.05. The second-order valence-electron chi connectivity index (χ2n) is 4.46. The minimum Gasteiger partial charge on any atom is -0.319 e. The summed E-state index contributed by atoms with van der Waals surface area (Å²) in [6.07, 6.45) is 5.16. The van der Waals surface area contributed by atoms with Crippen molar-refractivity contribution in [1.82, 2.24) is 14.8 Å². The number of hydrogen-bond donors (Lipinski definition) is 1. The van der Waals surface area contributed by atoms with Crippen molar-refractivity contribution in [3.63, 3.8) is 0 Å². The van der Waals surface area contributed by atoms with Crippen LogP contribution >= 0.6 is 11.6 Å². The Morgan fingerprint density at radius 3 is 2.85 bits per heavy atom. The van der Waals surface area contributed by atoms with Crippen LogP contribution in [0.2, 0.25) is 5.15 Å². The fourth-order valence-corrected chi connectivity index (χ4v) is 2.10. The maximum absolute atomic E-state index is 12.2. The van der Waals surface area contributed by atoms with Crippen LogP contribution in [-0.2, 0) is 13.0 Å². The summed E-state index contributed by atoms with van der Waals surface area (Å²) in [7, 11) is 0. The number of carbonyl (C=O) groups excluding carboxylic acids is 1. The summed E-state index contributed by atoms with van der Waals surface area (Å²) in [6, 6.07) is 3.34. The molecule has 2 rings (SSSR count). The van der Waals surface area contributed by atoms with E-state index in [0.717, 1.165) is 25.1 Å². The van der Waals surface area contributed by atoms with Crippen LogP contribution in [0.1, 0.15) is 36.3 Å². The van der Waals surface area contributed by atoms with E-state index in [9.17, 15) is 4.79 Å². The van der Waals surface area contributed by atoms with Gasteiger partial charge in [0.25, 0.3) is 5.91 Å². The minimum atomic E-state index is -0.206. The number of nitrogens with zero attached hydrogens (tertiary/aromatic N) is 3. The first-order chi connectivity index (χ1) is 9.62. The third kappa shape index (κ3) is 3.57. The molecule has 0 saturated heterocycles. The van der Waals surface area contributed by atoms with Crippen LogP contribution in [0.5, 0.6) is 0 Å². The van der Waals surface area contributed by atoms with Gasteiger partial charge in [0, 0.05) is 24.0 Å². The molecule has 0 atom stereocenters. The molecule has 106 valence electrons. The lowest BCUT2D eigenvalue weighted by atomic mass is 10.1. The fourth-order valence-electron chi connectivity index (χ4n) is 1.87. The van der Waals surface area contributed by atoms with Crippen LogP contribution in [0, 0.1) is 0 Å². The molecule has 0 aliphatic carbocycles. The van der Waals surface area contributed by atoms with E-state index in [1.165, 1.54) is 0 Å². The first-order valence-electron chi connectivity index (χ1n) is 6.62. The van der Waals surface area contributed by atoms with Crippen molar-refractivity contribution in [2.75, 3.05) is 5.32 Å². The lowest BCUT2D eigenvalue weighted by Crippen LogP contribution is -2.12. The van der Waals surface area contributed by atoms with E-state index in [-0.39, 0.29) is 5.91 Å². The summed E-state index contributed by atoms with van der Waals surface area (Å²) in [6.45, 7) is 4.80. The Morgan fingerprint density at radius 1 is 1.40 bits per heavy atom. The Hall–Kier alpha value is -1.88. The van der Waals surface area contributed by atoms with Crippen LogP contribution in [0.4, 0.5) is 5.69 Å². The molecule has 2 heterocycles. The second kappa shape index (κ2) is 6.52. The largest absolute Gasteiger partial charge is 0.319 e. The smallest absolute Gasteiger partial charge is 0.255 e. The molecule has 0 saturated carbocycles. The van der Waals surface area contributed by atoms with Gasteiger partial charge in [0.05, 0.1) is 11.9 Å². The Labute approximate surface area is 123 Å². The lowest BCUT2D eigenvalue weighted by molar-refractivity contribution is 0.102. The zero-order valence-corrected chi connectivity index (χ0v) is 12.3. The van der Waals surface area contributed by atoms with Gasteiger partial charge in [-0.15, -0.1) is 0 Å². The number of pyridine rings is 1. The summed E-state index contributed by atoms with van der Waals surface area (Å²) in [5.41, 5.74) is 2.01. The number of halogens is 1. The van der Waals surface area contributed by atoms with Crippen LogP contribution in [0.25, 0.3) is 0 Å².